The number of nitrogens with zero attached hydrogens (tertiary/aromatic N) is 2. The molecule has 1 fully saturated rings. The van der Waals surface area contributed by atoms with Crippen molar-refractivity contribution in [1.29, 1.82) is 0 Å². The van der Waals surface area contributed by atoms with Crippen LogP contribution < -0.4 is 4.90 Å². The van der Waals surface area contributed by atoms with Crippen LogP contribution >= 0.6 is 23.2 Å². The van der Waals surface area contributed by atoms with Crippen LogP contribution in [0.3, 0.4) is 0 Å². The Morgan fingerprint density at radius 3 is 2.14 bits per heavy atom. The SMILES string of the molecule is CON(CCCc1ccc(N(CCCl)CCCl)cc1)C1O[C@@H](C)[C@@H](O)[C@@H](O)[C@@H]1O. The maximum absolute atomic E-state index is 10.2. The maximum Gasteiger partial charge on any atom is 0.161 e. The van der Waals surface area contributed by atoms with E-state index in [1.807, 2.05) is 0 Å². The summed E-state index contributed by atoms with van der Waals surface area (Å²) in [6.07, 6.45) is -3.53. The van der Waals surface area contributed by atoms with Crippen molar-refractivity contribution in [3.05, 3.63) is 29.8 Å². The van der Waals surface area contributed by atoms with E-state index >= 15 is 0 Å². The number of halogens is 2. The Morgan fingerprint density at radius 1 is 0.966 bits per heavy atom. The lowest BCUT2D eigenvalue weighted by Crippen LogP contribution is -2.61. The second-order valence-corrected chi connectivity index (χ2v) is 7.92. The third-order valence-corrected chi connectivity index (χ3v) is 5.54. The molecule has 0 amide bonds. The van der Waals surface area contributed by atoms with Crippen LogP contribution in [0.15, 0.2) is 24.3 Å². The van der Waals surface area contributed by atoms with Crippen molar-refractivity contribution >= 4 is 28.9 Å². The smallest absolute Gasteiger partial charge is 0.161 e. The van der Waals surface area contributed by atoms with Gasteiger partial charge in [0.15, 0.2) is 6.23 Å². The molecule has 1 saturated heterocycles. The Balaban J connectivity index is 1.89. The summed E-state index contributed by atoms with van der Waals surface area (Å²) in [4.78, 5) is 7.51. The van der Waals surface area contributed by atoms with Gasteiger partial charge in [-0.1, -0.05) is 12.1 Å². The molecule has 0 aromatic heterocycles. The van der Waals surface area contributed by atoms with Crippen LogP contribution in [0.1, 0.15) is 18.9 Å². The van der Waals surface area contributed by atoms with Gasteiger partial charge in [0.2, 0.25) is 0 Å². The van der Waals surface area contributed by atoms with Crippen LogP contribution in [0.25, 0.3) is 0 Å². The molecule has 1 aliphatic heterocycles. The minimum atomic E-state index is -1.28. The van der Waals surface area contributed by atoms with Gasteiger partial charge in [-0.25, -0.2) is 0 Å². The van der Waals surface area contributed by atoms with Gasteiger partial charge in [0.25, 0.3) is 0 Å². The third-order valence-electron chi connectivity index (χ3n) is 5.20. The van der Waals surface area contributed by atoms with E-state index in [1.165, 1.54) is 17.7 Å². The van der Waals surface area contributed by atoms with Crippen molar-refractivity contribution in [2.45, 2.75) is 50.4 Å². The molecule has 1 aromatic rings. The number of ether oxygens (including phenoxy) is 1. The van der Waals surface area contributed by atoms with Gasteiger partial charge in [-0.15, -0.1) is 23.2 Å². The number of alkyl halides is 2. The zero-order valence-electron chi connectivity index (χ0n) is 17.0. The number of aliphatic hydroxyl groups excluding tert-OH is 3. The fourth-order valence-corrected chi connectivity index (χ4v) is 3.88. The predicted molar refractivity (Wildman–Crippen MR) is 114 cm³/mol. The van der Waals surface area contributed by atoms with Gasteiger partial charge in [-0.05, 0) is 37.5 Å². The van der Waals surface area contributed by atoms with Gasteiger partial charge in [0, 0.05) is 37.1 Å². The summed E-state index contributed by atoms with van der Waals surface area (Å²) in [6.45, 7) is 3.65. The highest BCUT2D eigenvalue weighted by molar-refractivity contribution is 6.18. The molecule has 1 unspecified atom stereocenters. The molecular formula is C20H32Cl2N2O5. The van der Waals surface area contributed by atoms with Crippen molar-refractivity contribution in [1.82, 2.24) is 5.06 Å². The fraction of sp³-hybridized carbons (Fsp3) is 0.700. The first-order chi connectivity index (χ1) is 13.9. The van der Waals surface area contributed by atoms with Gasteiger partial charge in [-0.3, -0.25) is 4.84 Å². The molecule has 29 heavy (non-hydrogen) atoms. The van der Waals surface area contributed by atoms with Crippen molar-refractivity contribution < 1.29 is 24.9 Å². The Hall–Kier alpha value is -0.640. The average molecular weight is 451 g/mol. The summed E-state index contributed by atoms with van der Waals surface area (Å²) in [5, 5.41) is 31.6. The van der Waals surface area contributed by atoms with Gasteiger partial charge in [0.05, 0.1) is 13.2 Å². The fourth-order valence-electron chi connectivity index (χ4n) is 3.48. The molecule has 3 N–H and O–H groups in total. The molecule has 0 radical (unpaired) electrons. The van der Waals surface area contributed by atoms with E-state index in [0.717, 1.165) is 31.6 Å². The van der Waals surface area contributed by atoms with Gasteiger partial charge in [0.1, 0.15) is 18.3 Å². The maximum atomic E-state index is 10.2. The Kier molecular flexibility index (Phi) is 10.4. The highest BCUT2D eigenvalue weighted by Crippen LogP contribution is 2.24. The lowest BCUT2D eigenvalue weighted by Gasteiger charge is -2.43. The highest BCUT2D eigenvalue weighted by atomic mass is 35.5. The number of benzene rings is 1. The van der Waals surface area contributed by atoms with E-state index in [1.54, 1.807) is 6.92 Å². The quantitative estimate of drug-likeness (QED) is 0.348. The zero-order chi connectivity index (χ0) is 21.4. The standard InChI is InChI=1S/C20H32Cl2N2O5/c1-14-17(25)18(26)19(27)20(29-14)24(28-2)11-3-4-15-5-7-16(8-6-15)23(12-9-21)13-10-22/h5-8,14,17-20,25-27H,3-4,9-13H2,1-2H3/t14-,17+,18+,19-,20?/m0/s1. The zero-order valence-corrected chi connectivity index (χ0v) is 18.5. The van der Waals surface area contributed by atoms with E-state index < -0.39 is 30.6 Å². The number of aryl methyl sites for hydroxylation is 1. The minimum Gasteiger partial charge on any atom is -0.388 e. The molecule has 0 aliphatic carbocycles. The molecule has 7 nitrogen and oxygen atoms in total. The number of aliphatic hydroxyl groups is 3. The summed E-state index contributed by atoms with van der Waals surface area (Å²) in [5.74, 6) is 1.09. The minimum absolute atomic E-state index is 0.500. The molecule has 0 bridgehead atoms. The van der Waals surface area contributed by atoms with Gasteiger partial charge < -0.3 is 25.0 Å². The number of rotatable bonds is 11. The Bertz CT molecular complexity index is 589. The summed E-state index contributed by atoms with van der Waals surface area (Å²) >= 11 is 11.7. The largest absolute Gasteiger partial charge is 0.388 e. The van der Waals surface area contributed by atoms with Gasteiger partial charge in [-0.2, -0.15) is 5.06 Å². The number of hydrogen-bond acceptors (Lipinski definition) is 7. The summed E-state index contributed by atoms with van der Waals surface area (Å²) in [7, 11) is 1.50. The van der Waals surface area contributed by atoms with Crippen molar-refractivity contribution in [2.75, 3.05) is 43.4 Å². The first-order valence-electron chi connectivity index (χ1n) is 9.89. The van der Waals surface area contributed by atoms with Crippen LogP contribution in [0.4, 0.5) is 5.69 Å². The van der Waals surface area contributed by atoms with E-state index in [2.05, 4.69) is 29.2 Å². The number of hydrogen-bond donors (Lipinski definition) is 3. The molecule has 1 aromatic carbocycles. The monoisotopic (exact) mass is 450 g/mol. The lowest BCUT2D eigenvalue weighted by molar-refractivity contribution is -0.322. The van der Waals surface area contributed by atoms with E-state index in [0.29, 0.717) is 18.3 Å². The first kappa shape index (κ1) is 24.6. The summed E-state index contributed by atoms with van der Waals surface area (Å²) in [5.41, 5.74) is 2.27. The van der Waals surface area contributed by atoms with Crippen molar-refractivity contribution in [3.8, 4) is 0 Å². The van der Waals surface area contributed by atoms with Crippen LogP contribution in [0, 0.1) is 0 Å². The molecule has 166 valence electrons. The van der Waals surface area contributed by atoms with Crippen molar-refractivity contribution in [2.24, 2.45) is 0 Å². The summed E-state index contributed by atoms with van der Waals surface area (Å²) in [6, 6.07) is 8.29. The van der Waals surface area contributed by atoms with E-state index in [-0.39, 0.29) is 0 Å². The van der Waals surface area contributed by atoms with E-state index in [4.69, 9.17) is 32.8 Å². The molecular weight excluding hydrogens is 419 g/mol. The molecule has 1 aliphatic rings. The molecule has 1 heterocycles. The van der Waals surface area contributed by atoms with Crippen LogP contribution in [-0.2, 0) is 16.0 Å². The molecule has 5 atom stereocenters. The molecule has 0 saturated carbocycles. The highest BCUT2D eigenvalue weighted by Gasteiger charge is 2.44. The second-order valence-electron chi connectivity index (χ2n) is 7.16. The van der Waals surface area contributed by atoms with Gasteiger partial charge >= 0.3 is 0 Å². The summed E-state index contributed by atoms with van der Waals surface area (Å²) < 4.78 is 5.64. The van der Waals surface area contributed by atoms with E-state index in [9.17, 15) is 15.3 Å². The number of anilines is 1. The van der Waals surface area contributed by atoms with Crippen LogP contribution in [0.2, 0.25) is 0 Å². The number of hydroxylamine groups is 2. The third kappa shape index (κ3) is 6.67. The molecule has 0 spiro atoms. The second kappa shape index (κ2) is 12.3. The molecule has 2 rings (SSSR count). The lowest BCUT2D eigenvalue weighted by atomic mass is 9.99. The predicted octanol–water partition coefficient (Wildman–Crippen LogP) is 1.59. The average Bonchev–Trinajstić information content (AvgIpc) is 2.73. The first-order valence-corrected chi connectivity index (χ1v) is 11.0. The van der Waals surface area contributed by atoms with Crippen molar-refractivity contribution in [3.63, 3.8) is 0 Å². The van der Waals surface area contributed by atoms with Crippen LogP contribution in [0.5, 0.6) is 0 Å². The Morgan fingerprint density at radius 2 is 1.59 bits per heavy atom. The normalized spacial score (nSPS) is 27.4. The molecule has 9 heteroatoms. The van der Waals surface area contributed by atoms with Crippen LogP contribution in [-0.4, -0.2) is 89.5 Å². The Labute approximate surface area is 182 Å². The topological polar surface area (TPSA) is 85.6 Å².